The Morgan fingerprint density at radius 3 is 2.16 bits per heavy atom. The van der Waals surface area contributed by atoms with Crippen LogP contribution in [-0.4, -0.2) is 48.6 Å². The summed E-state index contributed by atoms with van der Waals surface area (Å²) in [5.41, 5.74) is 5.62. The standard InChI is InChI=1S/C8H15NO3.C2HF3O2/c1-5(9)6-3-4-7(12-6)8(10)11-2;3-2(4,5)1(6)7/h5-7H,3-4,9H2,1-2H3;(H,6,7)/t5-,6+,7-;/m0./s1. The second-order valence-electron chi connectivity index (χ2n) is 3.93. The largest absolute Gasteiger partial charge is 0.490 e. The summed E-state index contributed by atoms with van der Waals surface area (Å²) >= 11 is 0. The summed E-state index contributed by atoms with van der Waals surface area (Å²) in [5.74, 6) is -3.05. The molecule has 0 aromatic carbocycles. The molecule has 112 valence electrons. The number of carbonyl (C=O) groups excluding carboxylic acids is 1. The number of carbonyl (C=O) groups is 2. The van der Waals surface area contributed by atoms with Crippen LogP contribution in [0.25, 0.3) is 0 Å². The average molecular weight is 287 g/mol. The lowest BCUT2D eigenvalue weighted by molar-refractivity contribution is -0.192. The molecule has 0 unspecified atom stereocenters. The van der Waals surface area contributed by atoms with Crippen LogP contribution in [0.5, 0.6) is 0 Å². The normalized spacial score (nSPS) is 24.1. The van der Waals surface area contributed by atoms with Gasteiger partial charge in [-0.2, -0.15) is 13.2 Å². The Kier molecular flexibility index (Phi) is 6.77. The van der Waals surface area contributed by atoms with Gasteiger partial charge in [-0.25, -0.2) is 9.59 Å². The first kappa shape index (κ1) is 17.6. The highest BCUT2D eigenvalue weighted by Gasteiger charge is 2.38. The van der Waals surface area contributed by atoms with E-state index in [1.807, 2.05) is 6.92 Å². The van der Waals surface area contributed by atoms with Gasteiger partial charge in [-0.3, -0.25) is 0 Å². The summed E-state index contributed by atoms with van der Waals surface area (Å²) in [6.45, 7) is 1.88. The van der Waals surface area contributed by atoms with Crippen molar-refractivity contribution in [1.82, 2.24) is 0 Å². The van der Waals surface area contributed by atoms with Gasteiger partial charge >= 0.3 is 18.1 Å². The van der Waals surface area contributed by atoms with Crippen LogP contribution in [0.15, 0.2) is 0 Å². The van der Waals surface area contributed by atoms with Crippen molar-refractivity contribution < 1.29 is 37.3 Å². The molecule has 1 heterocycles. The fourth-order valence-corrected chi connectivity index (χ4v) is 1.35. The molecule has 1 fully saturated rings. The minimum atomic E-state index is -5.08. The number of methoxy groups -OCH3 is 1. The molecule has 1 rings (SSSR count). The number of hydrogen-bond donors (Lipinski definition) is 2. The number of alkyl halides is 3. The Hall–Kier alpha value is -1.35. The maximum Gasteiger partial charge on any atom is 0.490 e. The lowest BCUT2D eigenvalue weighted by Crippen LogP contribution is -2.33. The molecule has 3 atom stereocenters. The smallest absolute Gasteiger partial charge is 0.475 e. The Morgan fingerprint density at radius 2 is 1.89 bits per heavy atom. The SMILES string of the molecule is COC(=O)[C@@H]1CC[C@H]([C@H](C)N)O1.O=C(O)C(F)(F)F. The second kappa shape index (κ2) is 7.29. The van der Waals surface area contributed by atoms with Gasteiger partial charge in [-0.05, 0) is 19.8 Å². The molecule has 0 aromatic heterocycles. The van der Waals surface area contributed by atoms with Crippen molar-refractivity contribution in [3.8, 4) is 0 Å². The third-order valence-electron chi connectivity index (χ3n) is 2.35. The number of hydrogen-bond acceptors (Lipinski definition) is 5. The molecule has 19 heavy (non-hydrogen) atoms. The Labute approximate surface area is 107 Å². The highest BCUT2D eigenvalue weighted by atomic mass is 19.4. The van der Waals surface area contributed by atoms with Gasteiger partial charge in [0, 0.05) is 6.04 Å². The summed E-state index contributed by atoms with van der Waals surface area (Å²) in [6.07, 6.45) is -3.91. The third-order valence-corrected chi connectivity index (χ3v) is 2.35. The van der Waals surface area contributed by atoms with Crippen molar-refractivity contribution in [3.63, 3.8) is 0 Å². The van der Waals surface area contributed by atoms with E-state index in [0.717, 1.165) is 12.8 Å². The first-order valence-corrected chi connectivity index (χ1v) is 5.38. The van der Waals surface area contributed by atoms with Crippen molar-refractivity contribution in [2.45, 2.75) is 44.2 Å². The summed E-state index contributed by atoms with van der Waals surface area (Å²) in [7, 11) is 1.37. The Morgan fingerprint density at radius 1 is 1.42 bits per heavy atom. The number of rotatable bonds is 2. The highest BCUT2D eigenvalue weighted by Crippen LogP contribution is 2.22. The van der Waals surface area contributed by atoms with Crippen LogP contribution < -0.4 is 5.73 Å². The van der Waals surface area contributed by atoms with Crippen molar-refractivity contribution >= 4 is 11.9 Å². The van der Waals surface area contributed by atoms with E-state index in [0.29, 0.717) is 0 Å². The molecule has 0 bridgehead atoms. The molecule has 3 N–H and O–H groups in total. The Bertz CT molecular complexity index is 319. The molecule has 9 heteroatoms. The van der Waals surface area contributed by atoms with E-state index in [1.165, 1.54) is 7.11 Å². The van der Waals surface area contributed by atoms with E-state index in [9.17, 15) is 18.0 Å². The lowest BCUT2D eigenvalue weighted by Gasteiger charge is -2.14. The zero-order valence-corrected chi connectivity index (χ0v) is 10.4. The first-order valence-electron chi connectivity index (χ1n) is 5.38. The van der Waals surface area contributed by atoms with Gasteiger partial charge < -0.3 is 20.3 Å². The van der Waals surface area contributed by atoms with Crippen molar-refractivity contribution in [2.75, 3.05) is 7.11 Å². The topological polar surface area (TPSA) is 98.9 Å². The number of carboxylic acid groups (broad SMARTS) is 1. The van der Waals surface area contributed by atoms with E-state index in [-0.39, 0.29) is 18.1 Å². The summed E-state index contributed by atoms with van der Waals surface area (Å²) in [6, 6.07) is -0.0142. The molecular formula is C10H16F3NO5. The molecule has 0 radical (unpaired) electrons. The molecule has 1 aliphatic rings. The summed E-state index contributed by atoms with van der Waals surface area (Å²) in [5, 5.41) is 7.12. The molecule has 1 aliphatic heterocycles. The quantitative estimate of drug-likeness (QED) is 0.725. The van der Waals surface area contributed by atoms with Crippen molar-refractivity contribution in [2.24, 2.45) is 5.73 Å². The minimum absolute atomic E-state index is 0.00843. The highest BCUT2D eigenvalue weighted by molar-refractivity contribution is 5.74. The maximum atomic E-state index is 11.0. The lowest BCUT2D eigenvalue weighted by atomic mass is 10.1. The maximum absolute atomic E-state index is 11.0. The number of esters is 1. The van der Waals surface area contributed by atoms with E-state index in [2.05, 4.69) is 4.74 Å². The summed E-state index contributed by atoms with van der Waals surface area (Å²) < 4.78 is 41.7. The Balaban J connectivity index is 0.000000399. The number of aliphatic carboxylic acids is 1. The van der Waals surface area contributed by atoms with E-state index >= 15 is 0 Å². The van der Waals surface area contributed by atoms with Gasteiger partial charge in [0.15, 0.2) is 6.10 Å². The van der Waals surface area contributed by atoms with E-state index in [1.54, 1.807) is 0 Å². The van der Waals surface area contributed by atoms with Crippen LogP contribution in [0.1, 0.15) is 19.8 Å². The zero-order valence-electron chi connectivity index (χ0n) is 10.4. The predicted molar refractivity (Wildman–Crippen MR) is 57.3 cm³/mol. The monoisotopic (exact) mass is 287 g/mol. The van der Waals surface area contributed by atoms with Gasteiger partial charge in [0.05, 0.1) is 13.2 Å². The van der Waals surface area contributed by atoms with Crippen molar-refractivity contribution in [1.29, 1.82) is 0 Å². The third kappa shape index (κ3) is 6.39. The van der Waals surface area contributed by atoms with Gasteiger partial charge in [0.2, 0.25) is 0 Å². The van der Waals surface area contributed by atoms with Gasteiger partial charge in [0.25, 0.3) is 0 Å². The first-order chi connectivity index (χ1) is 8.59. The van der Waals surface area contributed by atoms with E-state index < -0.39 is 18.2 Å². The van der Waals surface area contributed by atoms with Gasteiger partial charge in [-0.1, -0.05) is 0 Å². The molecule has 0 aliphatic carbocycles. The minimum Gasteiger partial charge on any atom is -0.475 e. The number of carboxylic acids is 1. The summed E-state index contributed by atoms with van der Waals surface area (Å²) in [4.78, 5) is 19.9. The predicted octanol–water partition coefficient (Wildman–Crippen LogP) is 0.687. The number of ether oxygens (including phenoxy) is 2. The fourth-order valence-electron chi connectivity index (χ4n) is 1.35. The van der Waals surface area contributed by atoms with Crippen LogP contribution in [0.3, 0.4) is 0 Å². The molecular weight excluding hydrogens is 271 g/mol. The average Bonchev–Trinajstić information content (AvgIpc) is 2.76. The number of nitrogens with two attached hydrogens (primary N) is 1. The van der Waals surface area contributed by atoms with Crippen LogP contribution in [0, 0.1) is 0 Å². The van der Waals surface area contributed by atoms with Crippen molar-refractivity contribution in [3.05, 3.63) is 0 Å². The van der Waals surface area contributed by atoms with E-state index in [4.69, 9.17) is 20.4 Å². The van der Waals surface area contributed by atoms with Crippen LogP contribution in [0.2, 0.25) is 0 Å². The fraction of sp³-hybridized carbons (Fsp3) is 0.800. The molecule has 0 amide bonds. The molecule has 0 saturated carbocycles. The molecule has 6 nitrogen and oxygen atoms in total. The van der Waals surface area contributed by atoms with Crippen LogP contribution in [0.4, 0.5) is 13.2 Å². The molecule has 1 saturated heterocycles. The van der Waals surface area contributed by atoms with Crippen LogP contribution >= 0.6 is 0 Å². The zero-order chi connectivity index (χ0) is 15.2. The number of halogens is 3. The van der Waals surface area contributed by atoms with Gasteiger partial charge in [-0.15, -0.1) is 0 Å². The molecule has 0 spiro atoms. The second-order valence-corrected chi connectivity index (χ2v) is 3.93. The molecule has 0 aromatic rings. The van der Waals surface area contributed by atoms with Gasteiger partial charge in [0.1, 0.15) is 0 Å². The van der Waals surface area contributed by atoms with Crippen LogP contribution in [-0.2, 0) is 19.1 Å².